The summed E-state index contributed by atoms with van der Waals surface area (Å²) in [6.07, 6.45) is -1.36. The van der Waals surface area contributed by atoms with E-state index in [0.717, 1.165) is 10.9 Å². The van der Waals surface area contributed by atoms with Gasteiger partial charge in [0.05, 0.1) is 17.7 Å². The minimum atomic E-state index is -1.07. The lowest BCUT2D eigenvalue weighted by atomic mass is 10.2. The van der Waals surface area contributed by atoms with Crippen LogP contribution >= 0.6 is 11.6 Å². The molecule has 1 N–H and O–H groups in total. The Labute approximate surface area is 138 Å². The topological polar surface area (TPSA) is 71.8 Å². The van der Waals surface area contributed by atoms with Crippen LogP contribution in [0.1, 0.15) is 17.4 Å². The summed E-state index contributed by atoms with van der Waals surface area (Å²) in [6.45, 7) is 2.09. The van der Waals surface area contributed by atoms with E-state index in [1.165, 1.54) is 4.90 Å². The first-order valence-corrected chi connectivity index (χ1v) is 7.68. The second kappa shape index (κ2) is 5.86. The molecular weight excluding hydrogens is 320 g/mol. The highest BCUT2D eigenvalue weighted by atomic mass is 35.5. The fourth-order valence-corrected chi connectivity index (χ4v) is 3.36. The molecule has 3 rings (SSSR count). The lowest BCUT2D eigenvalue weighted by Crippen LogP contribution is -2.52. The molecule has 2 heterocycles. The quantitative estimate of drug-likeness (QED) is 0.912. The van der Waals surface area contributed by atoms with Crippen LogP contribution in [-0.4, -0.2) is 51.7 Å². The molecule has 23 heavy (non-hydrogen) atoms. The van der Waals surface area contributed by atoms with Gasteiger partial charge in [0.1, 0.15) is 5.69 Å². The minimum absolute atomic E-state index is 0.0103. The Balaban J connectivity index is 1.99. The number of carbonyl (C=O) groups is 2. The van der Waals surface area contributed by atoms with E-state index < -0.39 is 12.1 Å². The minimum Gasteiger partial charge on any atom is -0.479 e. The predicted molar refractivity (Wildman–Crippen MR) is 85.8 cm³/mol. The van der Waals surface area contributed by atoms with Crippen LogP contribution in [0, 0.1) is 0 Å². The summed E-state index contributed by atoms with van der Waals surface area (Å²) in [4.78, 5) is 25.6. The second-order valence-corrected chi connectivity index (χ2v) is 6.10. The molecule has 1 amide bonds. The van der Waals surface area contributed by atoms with E-state index in [4.69, 9.17) is 21.4 Å². The van der Waals surface area contributed by atoms with E-state index in [0.29, 0.717) is 17.3 Å². The Hall–Kier alpha value is -2.05. The maximum absolute atomic E-state index is 12.9. The Morgan fingerprint density at radius 1 is 1.30 bits per heavy atom. The first-order chi connectivity index (χ1) is 10.9. The number of morpholine rings is 1. The average molecular weight is 337 g/mol. The molecule has 0 bridgehead atoms. The molecule has 0 aliphatic carbocycles. The molecule has 1 aromatic carbocycles. The van der Waals surface area contributed by atoms with Gasteiger partial charge in [0.15, 0.2) is 6.10 Å². The number of hydrogen-bond donors (Lipinski definition) is 1. The number of halogens is 1. The van der Waals surface area contributed by atoms with Crippen LogP contribution in [0.15, 0.2) is 24.3 Å². The molecule has 1 unspecified atom stereocenters. The largest absolute Gasteiger partial charge is 0.479 e. The number of carbonyl (C=O) groups excluding carboxylic acids is 1. The number of aliphatic carboxylic acids is 1. The highest BCUT2D eigenvalue weighted by Crippen LogP contribution is 2.31. The van der Waals surface area contributed by atoms with Gasteiger partial charge < -0.3 is 19.3 Å². The number of nitrogens with zero attached hydrogens (tertiary/aromatic N) is 2. The summed E-state index contributed by atoms with van der Waals surface area (Å²) in [7, 11) is 1.78. The van der Waals surface area contributed by atoms with Crippen molar-refractivity contribution in [3.63, 3.8) is 0 Å². The Morgan fingerprint density at radius 3 is 2.65 bits per heavy atom. The molecule has 2 atom stereocenters. The zero-order chi connectivity index (χ0) is 16.7. The summed E-state index contributed by atoms with van der Waals surface area (Å²) in [6, 6.07) is 7.49. The van der Waals surface area contributed by atoms with Gasteiger partial charge >= 0.3 is 5.97 Å². The molecule has 122 valence electrons. The van der Waals surface area contributed by atoms with Gasteiger partial charge in [-0.15, -0.1) is 0 Å². The van der Waals surface area contributed by atoms with E-state index in [2.05, 4.69) is 0 Å². The van der Waals surface area contributed by atoms with Gasteiger partial charge in [-0.25, -0.2) is 4.79 Å². The number of fused-ring (bicyclic) bond motifs is 1. The molecule has 6 nitrogen and oxygen atoms in total. The van der Waals surface area contributed by atoms with Crippen molar-refractivity contribution >= 4 is 34.4 Å². The highest BCUT2D eigenvalue weighted by Gasteiger charge is 2.35. The lowest BCUT2D eigenvalue weighted by Gasteiger charge is -2.35. The van der Waals surface area contributed by atoms with Crippen LogP contribution in [0.3, 0.4) is 0 Å². The normalized spacial score (nSPS) is 21.6. The van der Waals surface area contributed by atoms with E-state index in [-0.39, 0.29) is 18.6 Å². The number of ether oxygens (including phenoxy) is 1. The van der Waals surface area contributed by atoms with Gasteiger partial charge in [-0.2, -0.15) is 0 Å². The van der Waals surface area contributed by atoms with Crippen molar-refractivity contribution in [1.82, 2.24) is 9.47 Å². The first-order valence-electron chi connectivity index (χ1n) is 7.30. The van der Waals surface area contributed by atoms with E-state index in [1.54, 1.807) is 18.5 Å². The molecular formula is C16H17ClN2O4. The second-order valence-electron chi connectivity index (χ2n) is 5.72. The fourth-order valence-electron chi connectivity index (χ4n) is 2.99. The van der Waals surface area contributed by atoms with Crippen molar-refractivity contribution < 1.29 is 19.4 Å². The predicted octanol–water partition coefficient (Wildman–Crippen LogP) is 2.15. The van der Waals surface area contributed by atoms with E-state index in [9.17, 15) is 9.59 Å². The van der Waals surface area contributed by atoms with Crippen molar-refractivity contribution in [2.24, 2.45) is 7.05 Å². The first kappa shape index (κ1) is 15.8. The van der Waals surface area contributed by atoms with Crippen molar-refractivity contribution in [2.45, 2.75) is 19.1 Å². The third-order valence-electron chi connectivity index (χ3n) is 4.07. The van der Waals surface area contributed by atoms with Gasteiger partial charge in [0, 0.05) is 24.5 Å². The fraction of sp³-hybridized carbons (Fsp3) is 0.375. The van der Waals surface area contributed by atoms with Gasteiger partial charge in [0.25, 0.3) is 5.91 Å². The summed E-state index contributed by atoms with van der Waals surface area (Å²) in [5.74, 6) is -1.35. The van der Waals surface area contributed by atoms with Gasteiger partial charge in [-0.05, 0) is 13.0 Å². The molecule has 0 spiro atoms. The third-order valence-corrected chi connectivity index (χ3v) is 4.45. The summed E-state index contributed by atoms with van der Waals surface area (Å²) in [5.41, 5.74) is 1.23. The molecule has 7 heteroatoms. The molecule has 1 aromatic heterocycles. The SMILES string of the molecule is C[C@@H]1CN(C(=O)c2c(Cl)c3ccccc3n2C)CC(C(=O)O)O1. The zero-order valence-electron chi connectivity index (χ0n) is 12.8. The van der Waals surface area contributed by atoms with Gasteiger partial charge in [-0.1, -0.05) is 29.8 Å². The zero-order valence-corrected chi connectivity index (χ0v) is 13.6. The summed E-state index contributed by atoms with van der Waals surface area (Å²) < 4.78 is 7.10. The van der Waals surface area contributed by atoms with Crippen LogP contribution in [-0.2, 0) is 16.6 Å². The van der Waals surface area contributed by atoms with Crippen LogP contribution in [0.4, 0.5) is 0 Å². The van der Waals surface area contributed by atoms with Crippen LogP contribution < -0.4 is 0 Å². The average Bonchev–Trinajstić information content (AvgIpc) is 2.78. The Kier molecular flexibility index (Phi) is 4.04. The molecule has 2 aromatic rings. The summed E-state index contributed by atoms with van der Waals surface area (Å²) in [5, 5.41) is 10.3. The van der Waals surface area contributed by atoms with Gasteiger partial charge in [0.2, 0.25) is 0 Å². The Bertz CT molecular complexity index is 747. The standard InChI is InChI=1S/C16H17ClN2O4/c1-9-7-19(8-12(23-9)16(21)22)15(20)14-13(17)10-5-3-4-6-11(10)18(14)2/h3-6,9,12H,7-8H2,1-2H3,(H,21,22)/t9-,12?/m1/s1. The number of amides is 1. The Morgan fingerprint density at radius 2 is 2.00 bits per heavy atom. The van der Waals surface area contributed by atoms with Crippen LogP contribution in [0.5, 0.6) is 0 Å². The molecule has 1 aliphatic rings. The number of rotatable bonds is 2. The van der Waals surface area contributed by atoms with Crippen LogP contribution in [0.25, 0.3) is 10.9 Å². The monoisotopic (exact) mass is 336 g/mol. The van der Waals surface area contributed by atoms with Gasteiger partial charge in [-0.3, -0.25) is 4.79 Å². The highest BCUT2D eigenvalue weighted by molar-refractivity contribution is 6.38. The number of aromatic nitrogens is 1. The molecule has 1 fully saturated rings. The van der Waals surface area contributed by atoms with Crippen LogP contribution in [0.2, 0.25) is 5.02 Å². The smallest absolute Gasteiger partial charge is 0.334 e. The number of para-hydroxylation sites is 1. The number of hydrogen-bond acceptors (Lipinski definition) is 3. The maximum atomic E-state index is 12.9. The van der Waals surface area contributed by atoms with E-state index >= 15 is 0 Å². The molecule has 1 aliphatic heterocycles. The van der Waals surface area contributed by atoms with Crippen molar-refractivity contribution in [1.29, 1.82) is 0 Å². The molecule has 0 saturated carbocycles. The number of benzene rings is 1. The number of aryl methyl sites for hydroxylation is 1. The summed E-state index contributed by atoms with van der Waals surface area (Å²) >= 11 is 6.40. The van der Waals surface area contributed by atoms with Crippen molar-refractivity contribution in [2.75, 3.05) is 13.1 Å². The maximum Gasteiger partial charge on any atom is 0.334 e. The lowest BCUT2D eigenvalue weighted by molar-refractivity contribution is -0.160. The third kappa shape index (κ3) is 2.68. The molecule has 0 radical (unpaired) electrons. The van der Waals surface area contributed by atoms with Crippen molar-refractivity contribution in [3.8, 4) is 0 Å². The van der Waals surface area contributed by atoms with E-state index in [1.807, 2.05) is 24.3 Å². The molecule has 1 saturated heterocycles. The number of carboxylic acids is 1. The van der Waals surface area contributed by atoms with Crippen molar-refractivity contribution in [3.05, 3.63) is 35.0 Å². The number of carboxylic acid groups (broad SMARTS) is 1.